The first-order chi connectivity index (χ1) is 5.72. The smallest absolute Gasteiger partial charge is 0.0674 e. The maximum atomic E-state index is 3.63. The second-order valence-corrected chi connectivity index (χ2v) is 3.57. The van der Waals surface area contributed by atoms with Crippen molar-refractivity contribution in [1.82, 2.24) is 15.5 Å². The fraction of sp³-hybridized carbons (Fsp3) is 0.778. The summed E-state index contributed by atoms with van der Waals surface area (Å²) in [5, 5.41) is 6.61. The summed E-state index contributed by atoms with van der Waals surface area (Å²) in [7, 11) is 0. The minimum Gasteiger partial charge on any atom is -0.379 e. The van der Waals surface area contributed by atoms with E-state index in [1.165, 1.54) is 0 Å². The molecule has 1 aliphatic heterocycles. The van der Waals surface area contributed by atoms with Crippen molar-refractivity contribution in [3.05, 3.63) is 12.8 Å². The number of rotatable bonds is 3. The molecule has 0 bridgehead atoms. The second kappa shape index (κ2) is 4.48. The van der Waals surface area contributed by atoms with Gasteiger partial charge in [0.05, 0.1) is 6.67 Å². The van der Waals surface area contributed by atoms with Crippen LogP contribution in [0.1, 0.15) is 13.8 Å². The van der Waals surface area contributed by atoms with Crippen LogP contribution in [0.15, 0.2) is 12.8 Å². The van der Waals surface area contributed by atoms with E-state index in [0.29, 0.717) is 12.1 Å². The Labute approximate surface area is 74.8 Å². The van der Waals surface area contributed by atoms with Gasteiger partial charge in [-0.3, -0.25) is 4.90 Å². The number of nitrogens with zero attached hydrogens (tertiary/aromatic N) is 1. The molecule has 0 spiro atoms. The van der Waals surface area contributed by atoms with Gasteiger partial charge in [0, 0.05) is 25.2 Å². The monoisotopic (exact) mass is 169 g/mol. The largest absolute Gasteiger partial charge is 0.379 e. The maximum absolute atomic E-state index is 3.63. The summed E-state index contributed by atoms with van der Waals surface area (Å²) < 4.78 is 0. The van der Waals surface area contributed by atoms with Gasteiger partial charge in [0.1, 0.15) is 0 Å². The van der Waals surface area contributed by atoms with Gasteiger partial charge in [-0.15, -0.1) is 0 Å². The number of hydrogen-bond acceptors (Lipinski definition) is 3. The van der Waals surface area contributed by atoms with Crippen molar-refractivity contribution in [2.75, 3.05) is 19.8 Å². The quantitative estimate of drug-likeness (QED) is 0.639. The molecule has 12 heavy (non-hydrogen) atoms. The summed E-state index contributed by atoms with van der Waals surface area (Å²) in [4.78, 5) is 2.40. The second-order valence-electron chi connectivity index (χ2n) is 3.57. The Balaban J connectivity index is 2.28. The molecular formula is C9H19N3. The molecule has 3 heteroatoms. The van der Waals surface area contributed by atoms with Gasteiger partial charge in [-0.2, -0.15) is 0 Å². The zero-order valence-corrected chi connectivity index (χ0v) is 8.01. The first-order valence-electron chi connectivity index (χ1n) is 4.55. The minimum absolute atomic E-state index is 0.598. The molecule has 0 aromatic carbocycles. The molecule has 0 radical (unpaired) electrons. The molecule has 3 nitrogen and oxygen atoms in total. The zero-order valence-electron chi connectivity index (χ0n) is 8.01. The molecule has 1 rings (SSSR count). The fourth-order valence-electron chi connectivity index (χ4n) is 1.76. The first kappa shape index (κ1) is 9.55. The molecule has 0 unspecified atom stereocenters. The molecular weight excluding hydrogens is 150 g/mol. The average Bonchev–Trinajstić information content (AvgIpc) is 1.99. The van der Waals surface area contributed by atoms with Crippen LogP contribution in [0.5, 0.6) is 0 Å². The number of piperazine rings is 1. The van der Waals surface area contributed by atoms with Crippen LogP contribution >= 0.6 is 0 Å². The Kier molecular flexibility index (Phi) is 3.56. The average molecular weight is 169 g/mol. The Hall–Kier alpha value is -0.540. The van der Waals surface area contributed by atoms with Gasteiger partial charge in [-0.05, 0) is 20.0 Å². The van der Waals surface area contributed by atoms with Crippen LogP contribution in [0.2, 0.25) is 0 Å². The normalized spacial score (nSPS) is 31.5. The summed E-state index contributed by atoms with van der Waals surface area (Å²) in [5.41, 5.74) is 0. The molecule has 1 fully saturated rings. The van der Waals surface area contributed by atoms with Gasteiger partial charge >= 0.3 is 0 Å². The van der Waals surface area contributed by atoms with Crippen molar-refractivity contribution in [2.45, 2.75) is 25.9 Å². The summed E-state index contributed by atoms with van der Waals surface area (Å²) in [5.74, 6) is 0. The third kappa shape index (κ3) is 2.83. The van der Waals surface area contributed by atoms with E-state index in [4.69, 9.17) is 0 Å². The van der Waals surface area contributed by atoms with Crippen molar-refractivity contribution in [3.8, 4) is 0 Å². The third-order valence-electron chi connectivity index (χ3n) is 2.09. The lowest BCUT2D eigenvalue weighted by Crippen LogP contribution is -2.55. The summed E-state index contributed by atoms with van der Waals surface area (Å²) in [6, 6.07) is 1.20. The highest BCUT2D eigenvalue weighted by atomic mass is 15.3. The van der Waals surface area contributed by atoms with Crippen molar-refractivity contribution >= 4 is 0 Å². The highest BCUT2D eigenvalue weighted by Gasteiger charge is 2.19. The van der Waals surface area contributed by atoms with Crippen LogP contribution in [0.3, 0.4) is 0 Å². The Morgan fingerprint density at radius 2 is 2.08 bits per heavy atom. The summed E-state index contributed by atoms with van der Waals surface area (Å²) in [6.07, 6.45) is 1.75. The SMILES string of the molecule is C=CNCN1C[C@@H](C)N[C@@H](C)C1. The number of hydrogen-bond donors (Lipinski definition) is 2. The van der Waals surface area contributed by atoms with E-state index in [1.807, 2.05) is 0 Å². The van der Waals surface area contributed by atoms with Gasteiger partial charge in [0.2, 0.25) is 0 Å². The van der Waals surface area contributed by atoms with Crippen LogP contribution in [0.4, 0.5) is 0 Å². The zero-order chi connectivity index (χ0) is 8.97. The van der Waals surface area contributed by atoms with Gasteiger partial charge in [0.15, 0.2) is 0 Å². The lowest BCUT2D eigenvalue weighted by molar-refractivity contribution is 0.168. The van der Waals surface area contributed by atoms with Crippen LogP contribution in [-0.4, -0.2) is 36.7 Å². The Morgan fingerprint density at radius 3 is 2.58 bits per heavy atom. The third-order valence-corrected chi connectivity index (χ3v) is 2.09. The predicted octanol–water partition coefficient (Wildman–Crippen LogP) is 0.359. The minimum atomic E-state index is 0.598. The fourth-order valence-corrected chi connectivity index (χ4v) is 1.76. The van der Waals surface area contributed by atoms with Crippen molar-refractivity contribution < 1.29 is 0 Å². The van der Waals surface area contributed by atoms with E-state index in [9.17, 15) is 0 Å². The highest BCUT2D eigenvalue weighted by Crippen LogP contribution is 2.01. The van der Waals surface area contributed by atoms with Gasteiger partial charge in [-0.25, -0.2) is 0 Å². The van der Waals surface area contributed by atoms with Crippen molar-refractivity contribution in [2.24, 2.45) is 0 Å². The van der Waals surface area contributed by atoms with Crippen LogP contribution in [-0.2, 0) is 0 Å². The lowest BCUT2D eigenvalue weighted by Gasteiger charge is -2.35. The Bertz CT molecular complexity index is 137. The van der Waals surface area contributed by atoms with E-state index in [2.05, 4.69) is 36.0 Å². The van der Waals surface area contributed by atoms with Gasteiger partial charge in [-0.1, -0.05) is 6.58 Å². The molecule has 0 aromatic heterocycles. The molecule has 0 amide bonds. The predicted molar refractivity (Wildman–Crippen MR) is 51.8 cm³/mol. The van der Waals surface area contributed by atoms with E-state index >= 15 is 0 Å². The lowest BCUT2D eigenvalue weighted by atomic mass is 10.2. The van der Waals surface area contributed by atoms with E-state index in [-0.39, 0.29) is 0 Å². The number of nitrogens with one attached hydrogen (secondary N) is 2. The maximum Gasteiger partial charge on any atom is 0.0674 e. The Morgan fingerprint density at radius 1 is 1.50 bits per heavy atom. The summed E-state index contributed by atoms with van der Waals surface area (Å²) in [6.45, 7) is 11.2. The molecule has 1 heterocycles. The van der Waals surface area contributed by atoms with E-state index < -0.39 is 0 Å². The van der Waals surface area contributed by atoms with Crippen LogP contribution < -0.4 is 10.6 Å². The van der Waals surface area contributed by atoms with E-state index in [0.717, 1.165) is 19.8 Å². The van der Waals surface area contributed by atoms with Crippen LogP contribution in [0.25, 0.3) is 0 Å². The summed E-state index contributed by atoms with van der Waals surface area (Å²) >= 11 is 0. The molecule has 2 N–H and O–H groups in total. The first-order valence-corrected chi connectivity index (χ1v) is 4.55. The topological polar surface area (TPSA) is 27.3 Å². The molecule has 2 atom stereocenters. The van der Waals surface area contributed by atoms with Crippen molar-refractivity contribution in [3.63, 3.8) is 0 Å². The van der Waals surface area contributed by atoms with Crippen LogP contribution in [0, 0.1) is 0 Å². The van der Waals surface area contributed by atoms with Gasteiger partial charge in [0.25, 0.3) is 0 Å². The van der Waals surface area contributed by atoms with Gasteiger partial charge < -0.3 is 10.6 Å². The molecule has 0 aromatic rings. The highest BCUT2D eigenvalue weighted by molar-refractivity contribution is 4.81. The molecule has 70 valence electrons. The molecule has 1 saturated heterocycles. The molecule has 1 aliphatic rings. The molecule has 0 saturated carbocycles. The standard InChI is InChI=1S/C9H19N3/c1-4-10-7-12-5-8(2)11-9(3)6-12/h4,8-11H,1,5-7H2,2-3H3/t8-,9+. The van der Waals surface area contributed by atoms with E-state index in [1.54, 1.807) is 6.20 Å². The molecule has 0 aliphatic carbocycles. The van der Waals surface area contributed by atoms with Crippen molar-refractivity contribution in [1.29, 1.82) is 0 Å².